The molecule has 4 rings (SSSR count). The lowest BCUT2D eigenvalue weighted by Crippen LogP contribution is -2.54. The number of carbonyl (C=O) groups is 2. The van der Waals surface area contributed by atoms with Gasteiger partial charge in [-0.3, -0.25) is 9.48 Å². The van der Waals surface area contributed by atoms with Crippen LogP contribution in [0.1, 0.15) is 41.0 Å². The molecule has 4 atom stereocenters. The zero-order chi connectivity index (χ0) is 25.5. The van der Waals surface area contributed by atoms with Crippen LogP contribution in [0.4, 0.5) is 9.18 Å². The van der Waals surface area contributed by atoms with E-state index in [1.165, 1.54) is 12.1 Å². The second-order valence-electron chi connectivity index (χ2n) is 11.1. The zero-order valence-electron chi connectivity index (χ0n) is 21.1. The fourth-order valence-corrected chi connectivity index (χ4v) is 5.12. The number of fused-ring (bicyclic) bond motifs is 1. The summed E-state index contributed by atoms with van der Waals surface area (Å²) in [4.78, 5) is 30.2. The van der Waals surface area contributed by atoms with Gasteiger partial charge in [0.2, 0.25) is 5.91 Å². The third kappa shape index (κ3) is 5.17. The number of likely N-dealkylation sites (tertiary alicyclic amines) is 2. The van der Waals surface area contributed by atoms with E-state index in [0.29, 0.717) is 31.7 Å². The maximum absolute atomic E-state index is 13.4. The van der Waals surface area contributed by atoms with Crippen LogP contribution in [-0.4, -0.2) is 74.0 Å². The van der Waals surface area contributed by atoms with E-state index in [1.54, 1.807) is 16.8 Å². The summed E-state index contributed by atoms with van der Waals surface area (Å²) in [5, 5.41) is 11.5. The van der Waals surface area contributed by atoms with E-state index in [0.717, 1.165) is 5.56 Å². The van der Waals surface area contributed by atoms with Gasteiger partial charge in [-0.2, -0.15) is 0 Å². The third-order valence-corrected chi connectivity index (χ3v) is 6.99. The van der Waals surface area contributed by atoms with Crippen LogP contribution in [0.5, 0.6) is 0 Å². The van der Waals surface area contributed by atoms with Crippen LogP contribution in [-0.2, 0) is 11.3 Å². The maximum atomic E-state index is 13.4. The molecule has 2 aromatic rings. The van der Waals surface area contributed by atoms with Crippen molar-refractivity contribution in [3.8, 4) is 11.3 Å². The van der Waals surface area contributed by atoms with Crippen LogP contribution in [0.25, 0.3) is 11.3 Å². The van der Waals surface area contributed by atoms with E-state index in [-0.39, 0.29) is 47.2 Å². The van der Waals surface area contributed by atoms with Crippen LogP contribution >= 0.6 is 0 Å². The molecule has 2 fully saturated rings. The highest BCUT2D eigenvalue weighted by atomic mass is 19.1. The Morgan fingerprint density at radius 2 is 1.89 bits per heavy atom. The molecular weight excluding hydrogens is 449 g/mol. The Morgan fingerprint density at radius 3 is 2.51 bits per heavy atom. The number of nitrogens with one attached hydrogen (secondary N) is 1. The Bertz CT molecular complexity index is 1060. The molecule has 0 aliphatic carbocycles. The van der Waals surface area contributed by atoms with E-state index < -0.39 is 6.04 Å². The van der Waals surface area contributed by atoms with Gasteiger partial charge >= 0.3 is 6.03 Å². The molecule has 3 amide bonds. The van der Waals surface area contributed by atoms with Gasteiger partial charge in [0.1, 0.15) is 11.5 Å². The van der Waals surface area contributed by atoms with Gasteiger partial charge in [0, 0.05) is 37.2 Å². The van der Waals surface area contributed by atoms with Crippen LogP contribution in [0.2, 0.25) is 0 Å². The van der Waals surface area contributed by atoms with Gasteiger partial charge in [-0.25, -0.2) is 9.18 Å². The van der Waals surface area contributed by atoms with Gasteiger partial charge in [-0.05, 0) is 49.9 Å². The molecule has 9 nitrogen and oxygen atoms in total. The summed E-state index contributed by atoms with van der Waals surface area (Å²) in [6.07, 6.45) is 2.54. The molecule has 10 heteroatoms. The smallest absolute Gasteiger partial charge is 0.317 e. The van der Waals surface area contributed by atoms with Gasteiger partial charge in [0.05, 0.1) is 24.3 Å². The normalized spacial score (nSPS) is 23.0. The van der Waals surface area contributed by atoms with Crippen molar-refractivity contribution in [1.29, 1.82) is 0 Å². The predicted molar refractivity (Wildman–Crippen MR) is 131 cm³/mol. The largest absolute Gasteiger partial charge is 0.336 e. The highest BCUT2D eigenvalue weighted by molar-refractivity contribution is 5.84. The minimum absolute atomic E-state index is 0.0158. The Labute approximate surface area is 205 Å². The van der Waals surface area contributed by atoms with E-state index in [4.69, 9.17) is 5.73 Å². The fourth-order valence-electron chi connectivity index (χ4n) is 5.12. The number of amides is 3. The second-order valence-corrected chi connectivity index (χ2v) is 11.1. The van der Waals surface area contributed by atoms with Gasteiger partial charge in [0.15, 0.2) is 0 Å². The molecule has 35 heavy (non-hydrogen) atoms. The van der Waals surface area contributed by atoms with E-state index >= 15 is 0 Å². The highest BCUT2D eigenvalue weighted by Gasteiger charge is 2.53. The van der Waals surface area contributed by atoms with Gasteiger partial charge in [-0.15, -0.1) is 5.10 Å². The SMILES string of the molecule is CC(C)NC(=O)N1CC(Cn2cc(-c3ccc(F)cc3)nn2)C2C1CCN2C(=O)C(N)C(C)(C)C. The molecule has 1 aromatic heterocycles. The average Bonchev–Trinajstić information content (AvgIpc) is 3.49. The molecule has 0 radical (unpaired) electrons. The summed E-state index contributed by atoms with van der Waals surface area (Å²) in [5.41, 5.74) is 7.40. The molecule has 3 heterocycles. The quantitative estimate of drug-likeness (QED) is 0.676. The number of benzene rings is 1. The lowest BCUT2D eigenvalue weighted by atomic mass is 9.86. The first-order valence-electron chi connectivity index (χ1n) is 12.2. The first-order valence-corrected chi connectivity index (χ1v) is 12.2. The second kappa shape index (κ2) is 9.56. The maximum Gasteiger partial charge on any atom is 0.317 e. The molecule has 2 saturated heterocycles. The Hall–Kier alpha value is -3.01. The molecule has 0 saturated carbocycles. The van der Waals surface area contributed by atoms with Crippen LogP contribution < -0.4 is 11.1 Å². The summed E-state index contributed by atoms with van der Waals surface area (Å²) < 4.78 is 15.0. The van der Waals surface area contributed by atoms with Crippen molar-refractivity contribution < 1.29 is 14.0 Å². The Balaban J connectivity index is 1.58. The standard InChI is InChI=1S/C25H36FN7O2/c1-15(2)28-24(35)33-13-17(12-31-14-19(29-30-31)16-6-8-18(26)9-7-16)21-20(33)10-11-32(21)23(34)22(27)25(3,4)5/h6-9,14-15,17,20-22H,10-13,27H2,1-5H3,(H,28,35). The number of hydrogen-bond acceptors (Lipinski definition) is 5. The molecule has 0 spiro atoms. The summed E-state index contributed by atoms with van der Waals surface area (Å²) in [6.45, 7) is 11.3. The van der Waals surface area contributed by atoms with E-state index in [1.807, 2.05) is 50.6 Å². The van der Waals surface area contributed by atoms with Crippen LogP contribution in [0.3, 0.4) is 0 Å². The molecule has 4 unspecified atom stereocenters. The number of rotatable bonds is 5. The number of urea groups is 1. The van der Waals surface area contributed by atoms with Crippen molar-refractivity contribution in [3.05, 3.63) is 36.3 Å². The molecule has 0 bridgehead atoms. The van der Waals surface area contributed by atoms with Gasteiger partial charge in [0.25, 0.3) is 0 Å². The minimum Gasteiger partial charge on any atom is -0.336 e. The third-order valence-electron chi connectivity index (χ3n) is 6.99. The number of nitrogens with zero attached hydrogens (tertiary/aromatic N) is 5. The fraction of sp³-hybridized carbons (Fsp3) is 0.600. The summed E-state index contributed by atoms with van der Waals surface area (Å²) >= 11 is 0. The minimum atomic E-state index is -0.628. The van der Waals surface area contributed by atoms with Crippen LogP contribution in [0, 0.1) is 17.2 Å². The molecule has 1 aromatic carbocycles. The monoisotopic (exact) mass is 485 g/mol. The number of halogens is 1. The van der Waals surface area contributed by atoms with Crippen LogP contribution in [0.15, 0.2) is 30.5 Å². The Morgan fingerprint density at radius 1 is 1.20 bits per heavy atom. The molecular formula is C25H36FN7O2. The first kappa shape index (κ1) is 25.1. The topological polar surface area (TPSA) is 109 Å². The molecule has 2 aliphatic rings. The summed E-state index contributed by atoms with van der Waals surface area (Å²) in [5.74, 6) is -0.414. The lowest BCUT2D eigenvalue weighted by molar-refractivity contribution is -0.136. The van der Waals surface area contributed by atoms with Gasteiger partial charge in [-0.1, -0.05) is 26.0 Å². The van der Waals surface area contributed by atoms with Crippen molar-refractivity contribution in [2.45, 2.75) is 71.8 Å². The number of hydrogen-bond donors (Lipinski definition) is 2. The first-order chi connectivity index (χ1) is 16.5. The Kier molecular flexibility index (Phi) is 6.86. The zero-order valence-corrected chi connectivity index (χ0v) is 21.1. The molecule has 190 valence electrons. The van der Waals surface area contributed by atoms with E-state index in [2.05, 4.69) is 15.6 Å². The number of aromatic nitrogens is 3. The summed E-state index contributed by atoms with van der Waals surface area (Å²) in [6, 6.07) is 5.17. The van der Waals surface area contributed by atoms with Crippen molar-refractivity contribution in [1.82, 2.24) is 30.1 Å². The number of carbonyl (C=O) groups excluding carboxylic acids is 2. The number of nitrogens with two attached hydrogens (primary N) is 1. The van der Waals surface area contributed by atoms with Crippen molar-refractivity contribution in [2.24, 2.45) is 17.1 Å². The van der Waals surface area contributed by atoms with Gasteiger partial charge < -0.3 is 20.9 Å². The van der Waals surface area contributed by atoms with Crippen molar-refractivity contribution in [3.63, 3.8) is 0 Å². The molecule has 2 aliphatic heterocycles. The highest BCUT2D eigenvalue weighted by Crippen LogP contribution is 2.38. The molecule has 3 N–H and O–H groups in total. The van der Waals surface area contributed by atoms with Crippen molar-refractivity contribution >= 4 is 11.9 Å². The summed E-state index contributed by atoms with van der Waals surface area (Å²) in [7, 11) is 0. The average molecular weight is 486 g/mol. The lowest BCUT2D eigenvalue weighted by Gasteiger charge is -2.34. The predicted octanol–water partition coefficient (Wildman–Crippen LogP) is 2.48. The van der Waals surface area contributed by atoms with E-state index in [9.17, 15) is 14.0 Å². The van der Waals surface area contributed by atoms with Crippen molar-refractivity contribution in [2.75, 3.05) is 13.1 Å².